The van der Waals surface area contributed by atoms with Gasteiger partial charge in [0.25, 0.3) is 5.91 Å². The van der Waals surface area contributed by atoms with Gasteiger partial charge in [-0.25, -0.2) is 9.37 Å². The quantitative estimate of drug-likeness (QED) is 0.260. The largest absolute Gasteiger partial charge is 0.459 e. The summed E-state index contributed by atoms with van der Waals surface area (Å²) in [6, 6.07) is 7.98. The van der Waals surface area contributed by atoms with Gasteiger partial charge in [0.15, 0.2) is 5.82 Å². The molecule has 0 spiro atoms. The average molecular weight is 570 g/mol. The van der Waals surface area contributed by atoms with Gasteiger partial charge in [-0.3, -0.25) is 14.6 Å². The Bertz CT molecular complexity index is 1630. The number of nitrogens with two attached hydrogens (primary N) is 1. The molecule has 3 aromatic heterocycles. The van der Waals surface area contributed by atoms with Gasteiger partial charge in [0.1, 0.15) is 17.2 Å². The zero-order valence-corrected chi connectivity index (χ0v) is 21.4. The van der Waals surface area contributed by atoms with Crippen molar-refractivity contribution in [3.8, 4) is 11.3 Å². The molecule has 41 heavy (non-hydrogen) atoms. The molecule has 0 saturated carbocycles. The number of anilines is 1. The molecule has 4 aromatic rings. The van der Waals surface area contributed by atoms with Crippen molar-refractivity contribution in [3.05, 3.63) is 83.1 Å². The molecule has 0 bridgehead atoms. The Balaban J connectivity index is 1.41. The molecule has 1 fully saturated rings. The molecule has 3 N–H and O–H groups in total. The van der Waals surface area contributed by atoms with Gasteiger partial charge in [0.05, 0.1) is 42.8 Å². The number of aromatic nitrogens is 2. The van der Waals surface area contributed by atoms with Crippen LogP contribution in [0.5, 0.6) is 0 Å². The van der Waals surface area contributed by atoms with Gasteiger partial charge in [-0.1, -0.05) is 0 Å². The second-order valence-electron chi connectivity index (χ2n) is 9.17. The first-order chi connectivity index (χ1) is 19.6. The smallest absolute Gasteiger partial charge is 0.420 e. The van der Waals surface area contributed by atoms with Crippen molar-refractivity contribution in [2.45, 2.75) is 12.7 Å². The summed E-state index contributed by atoms with van der Waals surface area (Å²) in [6.45, 7) is 0.955. The lowest BCUT2D eigenvalue weighted by atomic mass is 10.0. The number of alkyl halides is 3. The summed E-state index contributed by atoms with van der Waals surface area (Å²) in [4.78, 5) is 34.4. The minimum Gasteiger partial charge on any atom is -0.459 e. The van der Waals surface area contributed by atoms with Crippen LogP contribution >= 0.6 is 0 Å². The lowest BCUT2D eigenvalue weighted by molar-refractivity contribution is -0.136. The third kappa shape index (κ3) is 6.35. The minimum absolute atomic E-state index is 0.0114. The molecule has 1 aliphatic heterocycles. The number of hydrogen-bond donors (Lipinski definition) is 2. The highest BCUT2D eigenvalue weighted by Crippen LogP contribution is 2.39. The highest BCUT2D eigenvalue weighted by molar-refractivity contribution is 5.96. The van der Waals surface area contributed by atoms with Crippen LogP contribution in [-0.2, 0) is 22.3 Å². The lowest BCUT2D eigenvalue weighted by Crippen LogP contribution is -2.41. The Morgan fingerprint density at radius 2 is 1.85 bits per heavy atom. The molecule has 5 rings (SSSR count). The van der Waals surface area contributed by atoms with E-state index in [0.29, 0.717) is 24.6 Å². The van der Waals surface area contributed by atoms with Crippen LogP contribution in [0.3, 0.4) is 0 Å². The summed E-state index contributed by atoms with van der Waals surface area (Å²) in [5.41, 5.74) is 4.34. The Labute approximate surface area is 230 Å². The van der Waals surface area contributed by atoms with E-state index in [0.717, 1.165) is 18.3 Å². The van der Waals surface area contributed by atoms with Crippen LogP contribution in [0.25, 0.3) is 28.3 Å². The monoisotopic (exact) mass is 569 g/mol. The van der Waals surface area contributed by atoms with Crippen LogP contribution in [0.2, 0.25) is 0 Å². The lowest BCUT2D eigenvalue weighted by Gasteiger charge is -2.27. The molecule has 1 aliphatic rings. The molecule has 0 aliphatic carbocycles. The number of nitrogen functional groups attached to an aromatic ring is 1. The van der Waals surface area contributed by atoms with Gasteiger partial charge < -0.3 is 25.1 Å². The fourth-order valence-corrected chi connectivity index (χ4v) is 4.27. The zero-order chi connectivity index (χ0) is 29.1. The van der Waals surface area contributed by atoms with Crippen LogP contribution in [0.15, 0.2) is 59.3 Å². The van der Waals surface area contributed by atoms with Crippen LogP contribution in [0.1, 0.15) is 27.2 Å². The van der Waals surface area contributed by atoms with Crippen LogP contribution < -0.4 is 11.1 Å². The van der Waals surface area contributed by atoms with Gasteiger partial charge in [-0.2, -0.15) is 13.2 Å². The summed E-state index contributed by atoms with van der Waals surface area (Å²) in [5, 5.41) is 2.64. The molecule has 0 radical (unpaired) electrons. The standard InChI is InChI=1S/C28H23F4N5O4/c29-22-15-34-23(12-20(22)27(39)37-5-7-40-8-6-37)17-9-18-10-19(41-26(18)21(11-17)28(30,31)32)14-36-25(38)4-2-16-1-3-24(33)35-13-16/h1-4,9-13,15H,5-8,14H2,(H2,33,35)(H,36,38). The number of amides is 2. The second kappa shape index (κ2) is 11.4. The molecular weight excluding hydrogens is 546 g/mol. The number of fused-ring (bicyclic) bond motifs is 1. The molecule has 0 unspecified atom stereocenters. The Kier molecular flexibility index (Phi) is 7.70. The maximum atomic E-state index is 14.5. The number of rotatable bonds is 6. The average Bonchev–Trinajstić information content (AvgIpc) is 3.38. The summed E-state index contributed by atoms with van der Waals surface area (Å²) < 4.78 is 67.3. The summed E-state index contributed by atoms with van der Waals surface area (Å²) in [6.07, 6.45) is 0.235. The number of carbonyl (C=O) groups excluding carboxylic acids is 2. The fraction of sp³-hybridized carbons (Fsp3) is 0.214. The molecule has 212 valence electrons. The molecular formula is C28H23F4N5O4. The number of morpholine rings is 1. The van der Waals surface area contributed by atoms with E-state index in [-0.39, 0.29) is 47.6 Å². The van der Waals surface area contributed by atoms with E-state index < -0.39 is 35.0 Å². The second-order valence-corrected chi connectivity index (χ2v) is 9.17. The maximum Gasteiger partial charge on any atom is 0.420 e. The van der Waals surface area contributed by atoms with E-state index in [1.54, 1.807) is 12.1 Å². The van der Waals surface area contributed by atoms with Gasteiger partial charge in [-0.05, 0) is 48.0 Å². The maximum absolute atomic E-state index is 14.5. The zero-order valence-electron chi connectivity index (χ0n) is 21.4. The van der Waals surface area contributed by atoms with Crippen molar-refractivity contribution in [3.63, 3.8) is 0 Å². The molecule has 9 nitrogen and oxygen atoms in total. The van der Waals surface area contributed by atoms with Crippen molar-refractivity contribution < 1.29 is 36.3 Å². The first kappa shape index (κ1) is 27.8. The van der Waals surface area contributed by atoms with Crippen LogP contribution in [0, 0.1) is 5.82 Å². The number of nitrogens with one attached hydrogen (secondary N) is 1. The number of furan rings is 1. The molecule has 0 atom stereocenters. The molecule has 4 heterocycles. The van der Waals surface area contributed by atoms with Crippen molar-refractivity contribution in [1.29, 1.82) is 0 Å². The Morgan fingerprint density at radius 1 is 1.07 bits per heavy atom. The third-order valence-corrected chi connectivity index (χ3v) is 6.33. The molecule has 1 saturated heterocycles. The van der Waals surface area contributed by atoms with Gasteiger partial charge in [0, 0.05) is 36.3 Å². The first-order valence-electron chi connectivity index (χ1n) is 12.4. The normalized spacial score (nSPS) is 14.1. The van der Waals surface area contributed by atoms with Crippen molar-refractivity contribution in [2.24, 2.45) is 0 Å². The highest BCUT2D eigenvalue weighted by Gasteiger charge is 2.35. The summed E-state index contributed by atoms with van der Waals surface area (Å²) in [5.74, 6) is -1.59. The van der Waals surface area contributed by atoms with Gasteiger partial charge >= 0.3 is 6.18 Å². The first-order valence-corrected chi connectivity index (χ1v) is 12.4. The molecule has 2 amide bonds. The van der Waals surface area contributed by atoms with E-state index in [1.807, 2.05) is 0 Å². The van der Waals surface area contributed by atoms with E-state index in [1.165, 1.54) is 35.4 Å². The third-order valence-electron chi connectivity index (χ3n) is 6.33. The molecule has 13 heteroatoms. The Morgan fingerprint density at radius 3 is 2.56 bits per heavy atom. The summed E-state index contributed by atoms with van der Waals surface area (Å²) in [7, 11) is 0. The summed E-state index contributed by atoms with van der Waals surface area (Å²) >= 11 is 0. The number of halogens is 4. The SMILES string of the molecule is Nc1ccc(C=CC(=O)NCc2cc3cc(-c4cc(C(=O)N5CCOCC5)c(F)cn4)cc(C(F)(F)F)c3o2)cn1. The van der Waals surface area contributed by atoms with Crippen molar-refractivity contribution in [1.82, 2.24) is 20.2 Å². The van der Waals surface area contributed by atoms with E-state index in [9.17, 15) is 27.2 Å². The number of hydrogen-bond acceptors (Lipinski definition) is 7. The van der Waals surface area contributed by atoms with Crippen molar-refractivity contribution in [2.75, 3.05) is 32.0 Å². The highest BCUT2D eigenvalue weighted by atomic mass is 19.4. The van der Waals surface area contributed by atoms with E-state index in [2.05, 4.69) is 15.3 Å². The van der Waals surface area contributed by atoms with Crippen molar-refractivity contribution >= 4 is 34.7 Å². The fourth-order valence-electron chi connectivity index (χ4n) is 4.27. The minimum atomic E-state index is -4.80. The molecule has 1 aromatic carbocycles. The van der Waals surface area contributed by atoms with Gasteiger partial charge in [0.2, 0.25) is 5.91 Å². The van der Waals surface area contributed by atoms with Crippen LogP contribution in [-0.4, -0.2) is 53.0 Å². The predicted octanol–water partition coefficient (Wildman–Crippen LogP) is 4.43. The Hall–Kier alpha value is -4.78. The van der Waals surface area contributed by atoms with Crippen LogP contribution in [0.4, 0.5) is 23.4 Å². The predicted molar refractivity (Wildman–Crippen MR) is 141 cm³/mol. The number of benzene rings is 1. The van der Waals surface area contributed by atoms with Gasteiger partial charge in [-0.15, -0.1) is 0 Å². The topological polar surface area (TPSA) is 124 Å². The number of ether oxygens (including phenoxy) is 1. The van der Waals surface area contributed by atoms with E-state index >= 15 is 0 Å². The number of carbonyl (C=O) groups is 2. The number of nitrogens with zero attached hydrogens (tertiary/aromatic N) is 3. The number of pyridine rings is 2. The van der Waals surface area contributed by atoms with E-state index in [4.69, 9.17) is 14.9 Å².